The van der Waals surface area contributed by atoms with Gasteiger partial charge < -0.3 is 10.2 Å². The van der Waals surface area contributed by atoms with E-state index in [9.17, 15) is 18.0 Å². The van der Waals surface area contributed by atoms with Crippen LogP contribution in [0.5, 0.6) is 0 Å². The number of carbonyl (C=O) groups excluding carboxylic acids is 1. The van der Waals surface area contributed by atoms with Gasteiger partial charge in [-0.2, -0.15) is 13.2 Å². The third kappa shape index (κ3) is 3.70. The van der Waals surface area contributed by atoms with E-state index in [2.05, 4.69) is 4.90 Å². The largest absolute Gasteiger partial charge is 0.471 e. The van der Waals surface area contributed by atoms with E-state index < -0.39 is 12.1 Å². The Balaban J connectivity index is 2.33. The molecule has 1 heterocycles. The molecule has 3 nitrogen and oxygen atoms in total. The van der Waals surface area contributed by atoms with Gasteiger partial charge >= 0.3 is 12.1 Å². The molecule has 0 aromatic heterocycles. The summed E-state index contributed by atoms with van der Waals surface area (Å²) in [5.41, 5.74) is 0. The van der Waals surface area contributed by atoms with E-state index >= 15 is 0 Å². The molecule has 6 heteroatoms. The summed E-state index contributed by atoms with van der Waals surface area (Å²) in [5.74, 6) is -1.83. The van der Waals surface area contributed by atoms with Crippen molar-refractivity contribution in [3.63, 3.8) is 0 Å². The van der Waals surface area contributed by atoms with Gasteiger partial charge in [-0.15, -0.1) is 0 Å². The van der Waals surface area contributed by atoms with Crippen LogP contribution in [0.1, 0.15) is 19.8 Å². The minimum absolute atomic E-state index is 0.356. The first-order valence-electron chi connectivity index (χ1n) is 5.03. The molecule has 1 fully saturated rings. The van der Waals surface area contributed by atoms with Gasteiger partial charge in [0.25, 0.3) is 0 Å². The lowest BCUT2D eigenvalue weighted by Gasteiger charge is -2.16. The molecule has 1 N–H and O–H groups in total. The van der Waals surface area contributed by atoms with E-state index in [0.717, 1.165) is 19.5 Å². The molecule has 0 spiro atoms. The smallest absolute Gasteiger partial charge is 0.344 e. The van der Waals surface area contributed by atoms with E-state index in [1.165, 1.54) is 0 Å². The predicted octanol–water partition coefficient (Wildman–Crippen LogP) is 1.15. The number of alkyl halides is 3. The van der Waals surface area contributed by atoms with E-state index in [1.54, 1.807) is 0 Å². The van der Waals surface area contributed by atoms with Crippen LogP contribution in [0.25, 0.3) is 0 Å². The van der Waals surface area contributed by atoms with Crippen molar-refractivity contribution in [1.82, 2.24) is 10.2 Å². The van der Waals surface area contributed by atoms with E-state index in [-0.39, 0.29) is 6.04 Å². The molecule has 0 aromatic rings. The van der Waals surface area contributed by atoms with Crippen molar-refractivity contribution in [3.05, 3.63) is 0 Å². The minimum Gasteiger partial charge on any atom is -0.344 e. The standard InChI is InChI=1S/C9H15F3N2O/c1-2-4-14-5-3-7(6-14)13-8(15)9(10,11)12/h7H,2-6H2,1H3,(H,13,15). The topological polar surface area (TPSA) is 32.3 Å². The van der Waals surface area contributed by atoms with E-state index in [4.69, 9.17) is 0 Å². The summed E-state index contributed by atoms with van der Waals surface area (Å²) in [6, 6.07) is -0.356. The molecule has 1 unspecified atom stereocenters. The summed E-state index contributed by atoms with van der Waals surface area (Å²) in [5, 5.41) is 2.00. The summed E-state index contributed by atoms with van der Waals surface area (Å²) in [6.45, 7) is 4.17. The van der Waals surface area contributed by atoms with Crippen molar-refractivity contribution in [2.75, 3.05) is 19.6 Å². The van der Waals surface area contributed by atoms with Gasteiger partial charge in [0.2, 0.25) is 0 Å². The molecular weight excluding hydrogens is 209 g/mol. The van der Waals surface area contributed by atoms with Crippen LogP contribution < -0.4 is 5.32 Å². The molecule has 1 saturated heterocycles. The highest BCUT2D eigenvalue weighted by Gasteiger charge is 2.40. The molecule has 0 radical (unpaired) electrons. The van der Waals surface area contributed by atoms with Crippen LogP contribution >= 0.6 is 0 Å². The fourth-order valence-electron chi connectivity index (χ4n) is 1.74. The van der Waals surface area contributed by atoms with Gasteiger partial charge in [-0.1, -0.05) is 6.92 Å². The van der Waals surface area contributed by atoms with Crippen molar-refractivity contribution in [1.29, 1.82) is 0 Å². The van der Waals surface area contributed by atoms with Crippen LogP contribution in [0.2, 0.25) is 0 Å². The highest BCUT2D eigenvalue weighted by molar-refractivity contribution is 5.81. The quantitative estimate of drug-likeness (QED) is 0.780. The lowest BCUT2D eigenvalue weighted by molar-refractivity contribution is -0.174. The van der Waals surface area contributed by atoms with Gasteiger partial charge in [-0.25, -0.2) is 0 Å². The van der Waals surface area contributed by atoms with Gasteiger partial charge in [0, 0.05) is 19.1 Å². The van der Waals surface area contributed by atoms with Crippen molar-refractivity contribution in [3.8, 4) is 0 Å². The molecule has 1 amide bonds. The number of carbonyl (C=O) groups is 1. The van der Waals surface area contributed by atoms with Crippen LogP contribution in [0.4, 0.5) is 13.2 Å². The molecule has 0 aromatic carbocycles. The number of likely N-dealkylation sites (tertiary alicyclic amines) is 1. The van der Waals surface area contributed by atoms with E-state index in [1.807, 2.05) is 12.2 Å². The Kier molecular flexibility index (Phi) is 3.96. The third-order valence-electron chi connectivity index (χ3n) is 2.40. The molecule has 0 aliphatic carbocycles. The predicted molar refractivity (Wildman–Crippen MR) is 49.3 cm³/mol. The number of rotatable bonds is 3. The maximum absolute atomic E-state index is 11.9. The number of hydrogen-bond donors (Lipinski definition) is 1. The summed E-state index contributed by atoms with van der Waals surface area (Å²) in [7, 11) is 0. The second-order valence-corrected chi connectivity index (χ2v) is 3.76. The van der Waals surface area contributed by atoms with Crippen LogP contribution in [0.15, 0.2) is 0 Å². The summed E-state index contributed by atoms with van der Waals surface area (Å²) in [6.07, 6.45) is -3.19. The van der Waals surface area contributed by atoms with Crippen molar-refractivity contribution >= 4 is 5.91 Å². The maximum atomic E-state index is 11.9. The Morgan fingerprint density at radius 1 is 1.53 bits per heavy atom. The van der Waals surface area contributed by atoms with Crippen molar-refractivity contribution in [2.24, 2.45) is 0 Å². The minimum atomic E-state index is -4.77. The zero-order chi connectivity index (χ0) is 11.5. The molecular formula is C9H15F3N2O. The van der Waals surface area contributed by atoms with Gasteiger partial charge in [0.1, 0.15) is 0 Å². The normalized spacial score (nSPS) is 23.1. The van der Waals surface area contributed by atoms with Gasteiger partial charge in [0.05, 0.1) is 0 Å². The highest BCUT2D eigenvalue weighted by atomic mass is 19.4. The molecule has 1 atom stereocenters. The highest BCUT2D eigenvalue weighted by Crippen LogP contribution is 2.16. The number of nitrogens with one attached hydrogen (secondary N) is 1. The van der Waals surface area contributed by atoms with Crippen molar-refractivity contribution < 1.29 is 18.0 Å². The number of nitrogens with zero attached hydrogens (tertiary/aromatic N) is 1. The molecule has 88 valence electrons. The first kappa shape index (κ1) is 12.3. The van der Waals surface area contributed by atoms with Gasteiger partial charge in [0.15, 0.2) is 0 Å². The second kappa shape index (κ2) is 4.83. The molecule has 1 aliphatic heterocycles. The Hall–Kier alpha value is -0.780. The molecule has 0 saturated carbocycles. The Labute approximate surface area is 86.6 Å². The molecule has 1 aliphatic rings. The Bertz CT molecular complexity index is 230. The summed E-state index contributed by atoms with van der Waals surface area (Å²) in [4.78, 5) is 12.7. The number of halogens is 3. The zero-order valence-electron chi connectivity index (χ0n) is 8.60. The van der Waals surface area contributed by atoms with E-state index in [0.29, 0.717) is 13.0 Å². The monoisotopic (exact) mass is 224 g/mol. The third-order valence-corrected chi connectivity index (χ3v) is 2.40. The number of amides is 1. The van der Waals surface area contributed by atoms with Crippen molar-refractivity contribution in [2.45, 2.75) is 32.0 Å². The first-order valence-corrected chi connectivity index (χ1v) is 5.03. The van der Waals surface area contributed by atoms with Crippen LogP contribution in [-0.2, 0) is 4.79 Å². The Morgan fingerprint density at radius 2 is 2.20 bits per heavy atom. The molecule has 1 rings (SSSR count). The number of hydrogen-bond acceptors (Lipinski definition) is 2. The average molecular weight is 224 g/mol. The molecule has 0 bridgehead atoms. The lowest BCUT2D eigenvalue weighted by Crippen LogP contribution is -2.44. The average Bonchev–Trinajstić information content (AvgIpc) is 2.51. The SMILES string of the molecule is CCCN1CCC(NC(=O)C(F)(F)F)C1. The lowest BCUT2D eigenvalue weighted by atomic mass is 10.2. The summed E-state index contributed by atoms with van der Waals surface area (Å²) >= 11 is 0. The van der Waals surface area contributed by atoms with Crippen LogP contribution in [0.3, 0.4) is 0 Å². The zero-order valence-corrected chi connectivity index (χ0v) is 8.60. The fraction of sp³-hybridized carbons (Fsp3) is 0.889. The first-order chi connectivity index (χ1) is 6.93. The fourth-order valence-corrected chi connectivity index (χ4v) is 1.74. The van der Waals surface area contributed by atoms with Gasteiger partial charge in [-0.05, 0) is 19.4 Å². The molecule has 15 heavy (non-hydrogen) atoms. The van der Waals surface area contributed by atoms with Gasteiger partial charge in [-0.3, -0.25) is 4.79 Å². The second-order valence-electron chi connectivity index (χ2n) is 3.76. The van der Waals surface area contributed by atoms with Crippen LogP contribution in [-0.4, -0.2) is 42.7 Å². The van der Waals surface area contributed by atoms with Crippen LogP contribution in [0, 0.1) is 0 Å². The Morgan fingerprint density at radius 3 is 2.73 bits per heavy atom. The summed E-state index contributed by atoms with van der Waals surface area (Å²) < 4.78 is 35.8. The maximum Gasteiger partial charge on any atom is 0.471 e.